The fraction of sp³-hybridized carbons (Fsp3) is 0.417. The lowest BCUT2D eigenvalue weighted by Crippen LogP contribution is -2.45. The quantitative estimate of drug-likeness (QED) is 0.823. The number of amides is 1. The highest BCUT2D eigenvalue weighted by atomic mass is 79.9. The molecule has 0 fully saturated rings. The number of carbonyl (C=O) groups is 1. The molecule has 0 bridgehead atoms. The van der Waals surface area contributed by atoms with Crippen LogP contribution in [0.1, 0.15) is 20.8 Å². The van der Waals surface area contributed by atoms with E-state index in [-0.39, 0.29) is 10.2 Å². The second-order valence-corrected chi connectivity index (χ2v) is 5.93. The molecule has 3 nitrogen and oxygen atoms in total. The Morgan fingerprint density at radius 2 is 1.89 bits per heavy atom. The van der Waals surface area contributed by atoms with Crippen molar-refractivity contribution in [3.8, 4) is 0 Å². The van der Waals surface area contributed by atoms with Crippen LogP contribution in [-0.2, 0) is 4.79 Å². The zero-order valence-corrected chi connectivity index (χ0v) is 11.9. The largest absolute Gasteiger partial charge is 0.322 e. The monoisotopic (exact) mass is 320 g/mol. The molecule has 0 radical (unpaired) electrons. The molecule has 0 aliphatic rings. The summed E-state index contributed by atoms with van der Waals surface area (Å²) in [6.45, 7) is 5.40. The number of halogens is 3. The van der Waals surface area contributed by atoms with Gasteiger partial charge in [-0.3, -0.25) is 4.79 Å². The van der Waals surface area contributed by atoms with Gasteiger partial charge in [0.05, 0.1) is 16.2 Å². The first-order chi connectivity index (χ1) is 8.12. The summed E-state index contributed by atoms with van der Waals surface area (Å²) in [4.78, 5) is 11.8. The Labute approximate surface area is 113 Å². The number of hydrogen-bond donors (Lipinski definition) is 2. The average molecular weight is 321 g/mol. The molecule has 1 amide bonds. The molecule has 0 spiro atoms. The summed E-state index contributed by atoms with van der Waals surface area (Å²) in [5.74, 6) is -2.09. The van der Waals surface area contributed by atoms with Gasteiger partial charge in [0.25, 0.3) is 0 Å². The Morgan fingerprint density at radius 1 is 1.33 bits per heavy atom. The number of benzene rings is 1. The van der Waals surface area contributed by atoms with E-state index in [1.165, 1.54) is 0 Å². The topological polar surface area (TPSA) is 55.1 Å². The van der Waals surface area contributed by atoms with Crippen molar-refractivity contribution < 1.29 is 13.6 Å². The van der Waals surface area contributed by atoms with E-state index in [0.29, 0.717) is 6.07 Å². The molecule has 100 valence electrons. The summed E-state index contributed by atoms with van der Waals surface area (Å²) in [6, 6.07) is 1.07. The van der Waals surface area contributed by atoms with Gasteiger partial charge in [-0.05, 0) is 27.4 Å². The molecule has 0 aliphatic carbocycles. The molecule has 0 saturated carbocycles. The van der Waals surface area contributed by atoms with Crippen molar-refractivity contribution in [1.82, 2.24) is 0 Å². The van der Waals surface area contributed by atoms with Crippen LogP contribution in [0.2, 0.25) is 0 Å². The van der Waals surface area contributed by atoms with Crippen LogP contribution in [0, 0.1) is 17.0 Å². The minimum absolute atomic E-state index is 0.0727. The second-order valence-electron chi connectivity index (χ2n) is 5.08. The summed E-state index contributed by atoms with van der Waals surface area (Å²) in [6.07, 6.45) is 0. The fourth-order valence-electron chi connectivity index (χ4n) is 1.22. The van der Waals surface area contributed by atoms with Gasteiger partial charge in [0.1, 0.15) is 11.6 Å². The van der Waals surface area contributed by atoms with Gasteiger partial charge in [-0.1, -0.05) is 20.8 Å². The molecule has 1 aromatic carbocycles. The Morgan fingerprint density at radius 3 is 2.39 bits per heavy atom. The minimum Gasteiger partial charge on any atom is -0.322 e. The van der Waals surface area contributed by atoms with Gasteiger partial charge in [-0.25, -0.2) is 8.78 Å². The average Bonchev–Trinajstić information content (AvgIpc) is 2.23. The molecule has 0 heterocycles. The maximum Gasteiger partial charge on any atom is 0.241 e. The zero-order chi connectivity index (χ0) is 14.1. The van der Waals surface area contributed by atoms with E-state index in [2.05, 4.69) is 21.2 Å². The van der Waals surface area contributed by atoms with Crippen LogP contribution in [0.15, 0.2) is 16.6 Å². The van der Waals surface area contributed by atoms with Gasteiger partial charge in [0.2, 0.25) is 5.91 Å². The molecule has 1 atom stereocenters. The zero-order valence-electron chi connectivity index (χ0n) is 10.4. The van der Waals surface area contributed by atoms with Crippen LogP contribution in [0.4, 0.5) is 14.5 Å². The van der Waals surface area contributed by atoms with E-state index < -0.39 is 29.0 Å². The second kappa shape index (κ2) is 5.32. The Bertz CT molecular complexity index is 472. The lowest BCUT2D eigenvalue weighted by Gasteiger charge is -2.25. The Hall–Kier alpha value is -1.01. The summed E-state index contributed by atoms with van der Waals surface area (Å²) >= 11 is 2.92. The van der Waals surface area contributed by atoms with Gasteiger partial charge < -0.3 is 11.1 Å². The van der Waals surface area contributed by atoms with Crippen LogP contribution in [0.3, 0.4) is 0 Å². The molecule has 0 saturated heterocycles. The molecular weight excluding hydrogens is 306 g/mol. The summed E-state index contributed by atoms with van der Waals surface area (Å²) in [5, 5.41) is 2.35. The van der Waals surface area contributed by atoms with Crippen molar-refractivity contribution in [1.29, 1.82) is 0 Å². The number of nitrogens with two attached hydrogens (primary N) is 1. The van der Waals surface area contributed by atoms with Crippen molar-refractivity contribution >= 4 is 27.5 Å². The van der Waals surface area contributed by atoms with Gasteiger partial charge in [0.15, 0.2) is 0 Å². The molecule has 1 unspecified atom stereocenters. The SMILES string of the molecule is CC(C)(C)C(N)C(=O)Nc1cc(Br)c(F)cc1F. The van der Waals surface area contributed by atoms with Crippen molar-refractivity contribution in [3.05, 3.63) is 28.2 Å². The third-order valence-corrected chi connectivity index (χ3v) is 3.09. The van der Waals surface area contributed by atoms with Crippen LogP contribution < -0.4 is 11.1 Å². The molecular formula is C12H15BrF2N2O. The van der Waals surface area contributed by atoms with Gasteiger partial charge in [-0.15, -0.1) is 0 Å². The van der Waals surface area contributed by atoms with Crippen molar-refractivity contribution in [3.63, 3.8) is 0 Å². The Kier molecular flexibility index (Phi) is 4.45. The number of carbonyl (C=O) groups excluding carboxylic acids is 1. The van der Waals surface area contributed by atoms with E-state index in [1.54, 1.807) is 20.8 Å². The molecule has 1 rings (SSSR count). The molecule has 6 heteroatoms. The number of rotatable bonds is 2. The number of anilines is 1. The first-order valence-corrected chi connectivity index (χ1v) is 6.13. The predicted molar refractivity (Wildman–Crippen MR) is 70.1 cm³/mol. The molecule has 18 heavy (non-hydrogen) atoms. The van der Waals surface area contributed by atoms with E-state index in [4.69, 9.17) is 5.73 Å². The van der Waals surface area contributed by atoms with Crippen LogP contribution in [0.25, 0.3) is 0 Å². The highest BCUT2D eigenvalue weighted by molar-refractivity contribution is 9.10. The highest BCUT2D eigenvalue weighted by Gasteiger charge is 2.28. The first kappa shape index (κ1) is 15.0. The lowest BCUT2D eigenvalue weighted by atomic mass is 9.87. The summed E-state index contributed by atoms with van der Waals surface area (Å²) in [7, 11) is 0. The van der Waals surface area contributed by atoms with E-state index in [0.717, 1.165) is 6.07 Å². The van der Waals surface area contributed by atoms with Crippen molar-refractivity contribution in [2.75, 3.05) is 5.32 Å². The third-order valence-electron chi connectivity index (χ3n) is 2.48. The third kappa shape index (κ3) is 3.49. The summed E-state index contributed by atoms with van der Waals surface area (Å²) in [5.41, 5.74) is 5.19. The van der Waals surface area contributed by atoms with Gasteiger partial charge in [0, 0.05) is 6.07 Å². The normalized spacial score (nSPS) is 13.3. The van der Waals surface area contributed by atoms with Crippen molar-refractivity contribution in [2.24, 2.45) is 11.1 Å². The maximum atomic E-state index is 13.4. The van der Waals surface area contributed by atoms with E-state index >= 15 is 0 Å². The van der Waals surface area contributed by atoms with Crippen LogP contribution in [-0.4, -0.2) is 11.9 Å². The van der Waals surface area contributed by atoms with Crippen LogP contribution >= 0.6 is 15.9 Å². The smallest absolute Gasteiger partial charge is 0.241 e. The van der Waals surface area contributed by atoms with Crippen LogP contribution in [0.5, 0.6) is 0 Å². The minimum atomic E-state index is -0.842. The lowest BCUT2D eigenvalue weighted by molar-refractivity contribution is -0.119. The maximum absolute atomic E-state index is 13.4. The molecule has 0 aromatic heterocycles. The number of hydrogen-bond acceptors (Lipinski definition) is 2. The first-order valence-electron chi connectivity index (χ1n) is 5.34. The fourth-order valence-corrected chi connectivity index (χ4v) is 1.57. The standard InChI is InChI=1S/C12H15BrF2N2O/c1-12(2,3)10(16)11(18)17-9-4-6(13)7(14)5-8(9)15/h4-5,10H,16H2,1-3H3,(H,17,18). The Balaban J connectivity index is 2.92. The molecule has 1 aromatic rings. The molecule has 0 aliphatic heterocycles. The van der Waals surface area contributed by atoms with Gasteiger partial charge >= 0.3 is 0 Å². The highest BCUT2D eigenvalue weighted by Crippen LogP contribution is 2.25. The molecule has 3 N–H and O–H groups in total. The van der Waals surface area contributed by atoms with Crippen molar-refractivity contribution in [2.45, 2.75) is 26.8 Å². The number of nitrogens with one attached hydrogen (secondary N) is 1. The predicted octanol–water partition coefficient (Wildman–Crippen LogP) is 3.04. The van der Waals surface area contributed by atoms with E-state index in [9.17, 15) is 13.6 Å². The summed E-state index contributed by atoms with van der Waals surface area (Å²) < 4.78 is 26.5. The van der Waals surface area contributed by atoms with Gasteiger partial charge in [-0.2, -0.15) is 0 Å². The van der Waals surface area contributed by atoms with E-state index in [1.807, 2.05) is 0 Å².